The van der Waals surface area contributed by atoms with Crippen molar-refractivity contribution in [2.75, 3.05) is 0 Å². The smallest absolute Gasteiger partial charge is 0.342 e. The number of hydrogen-bond acceptors (Lipinski definition) is 6. The highest BCUT2D eigenvalue weighted by molar-refractivity contribution is 6.31. The van der Waals surface area contributed by atoms with Crippen LogP contribution in [0.15, 0.2) is 59.0 Å². The highest BCUT2D eigenvalue weighted by Crippen LogP contribution is 2.21. The van der Waals surface area contributed by atoms with E-state index in [1.54, 1.807) is 11.6 Å². The van der Waals surface area contributed by atoms with Gasteiger partial charge in [-0.25, -0.2) is 4.79 Å². The Morgan fingerprint density at radius 3 is 2.57 bits per heavy atom. The summed E-state index contributed by atoms with van der Waals surface area (Å²) < 4.78 is 12.7. The predicted octanol–water partition coefficient (Wildman–Crippen LogP) is 4.61. The van der Waals surface area contributed by atoms with Crippen molar-refractivity contribution in [3.63, 3.8) is 0 Å². The molecule has 0 unspecified atom stereocenters. The minimum atomic E-state index is -0.491. The molecule has 2 heterocycles. The summed E-state index contributed by atoms with van der Waals surface area (Å²) in [6, 6.07) is 16.9. The maximum atomic E-state index is 12.7. The van der Waals surface area contributed by atoms with Gasteiger partial charge < -0.3 is 9.15 Å². The Labute approximate surface area is 178 Å². The molecule has 30 heavy (non-hydrogen) atoms. The number of esters is 1. The molecule has 8 heteroatoms. The van der Waals surface area contributed by atoms with Gasteiger partial charge in [-0.1, -0.05) is 48.0 Å². The average Bonchev–Trinajstić information content (AvgIpc) is 3.33. The SMILES string of the molecule is Cc1nn(Cc2ccccc2Cl)c(C)c1C(=O)OCc1nnc(-c2ccccc2)o1. The Morgan fingerprint density at radius 2 is 1.80 bits per heavy atom. The van der Waals surface area contributed by atoms with Gasteiger partial charge in [0.1, 0.15) is 5.56 Å². The van der Waals surface area contributed by atoms with Crippen molar-refractivity contribution in [3.8, 4) is 11.5 Å². The summed E-state index contributed by atoms with van der Waals surface area (Å²) in [5.74, 6) is 0.109. The van der Waals surface area contributed by atoms with Gasteiger partial charge in [-0.15, -0.1) is 10.2 Å². The van der Waals surface area contributed by atoms with Gasteiger partial charge in [0.2, 0.25) is 5.89 Å². The molecular weight excluding hydrogens is 404 g/mol. The number of carbonyl (C=O) groups is 1. The molecular formula is C22H19ClN4O3. The first kappa shape index (κ1) is 19.8. The van der Waals surface area contributed by atoms with Crippen molar-refractivity contribution in [1.82, 2.24) is 20.0 Å². The molecule has 7 nitrogen and oxygen atoms in total. The van der Waals surface area contributed by atoms with Crippen molar-refractivity contribution in [2.45, 2.75) is 27.0 Å². The molecule has 0 aliphatic carbocycles. The lowest BCUT2D eigenvalue weighted by Gasteiger charge is -2.07. The van der Waals surface area contributed by atoms with Crippen LogP contribution in [-0.4, -0.2) is 25.9 Å². The lowest BCUT2D eigenvalue weighted by molar-refractivity contribution is 0.0437. The molecule has 0 radical (unpaired) electrons. The minimum absolute atomic E-state index is 0.118. The van der Waals surface area contributed by atoms with Crippen molar-refractivity contribution < 1.29 is 13.9 Å². The number of hydrogen-bond donors (Lipinski definition) is 0. The zero-order valence-corrected chi connectivity index (χ0v) is 17.3. The Bertz CT molecular complexity index is 1180. The van der Waals surface area contributed by atoms with E-state index in [0.29, 0.717) is 34.4 Å². The van der Waals surface area contributed by atoms with E-state index in [2.05, 4.69) is 15.3 Å². The van der Waals surface area contributed by atoms with Gasteiger partial charge in [-0.05, 0) is 37.6 Å². The van der Waals surface area contributed by atoms with Gasteiger partial charge in [0, 0.05) is 10.6 Å². The monoisotopic (exact) mass is 422 g/mol. The second-order valence-corrected chi connectivity index (χ2v) is 7.15. The fraction of sp³-hybridized carbons (Fsp3) is 0.182. The summed E-state index contributed by atoms with van der Waals surface area (Å²) in [5, 5.41) is 13.1. The summed E-state index contributed by atoms with van der Waals surface area (Å²) in [5.41, 5.74) is 3.43. The summed E-state index contributed by atoms with van der Waals surface area (Å²) in [6.07, 6.45) is 0. The number of aromatic nitrogens is 4. The van der Waals surface area contributed by atoms with E-state index in [1.807, 2.05) is 61.5 Å². The molecule has 0 N–H and O–H groups in total. The normalized spacial score (nSPS) is 10.9. The van der Waals surface area contributed by atoms with Crippen LogP contribution in [0.1, 0.15) is 33.2 Å². The highest BCUT2D eigenvalue weighted by atomic mass is 35.5. The van der Waals surface area contributed by atoms with E-state index in [-0.39, 0.29) is 12.5 Å². The fourth-order valence-corrected chi connectivity index (χ4v) is 3.34. The molecule has 0 amide bonds. The van der Waals surface area contributed by atoms with Gasteiger partial charge in [0.25, 0.3) is 5.89 Å². The summed E-state index contributed by atoms with van der Waals surface area (Å²) >= 11 is 6.24. The van der Waals surface area contributed by atoms with Crippen LogP contribution >= 0.6 is 11.6 Å². The van der Waals surface area contributed by atoms with Crippen LogP contribution in [-0.2, 0) is 17.9 Å². The largest absolute Gasteiger partial charge is 0.452 e. The molecule has 4 aromatic rings. The molecule has 0 saturated heterocycles. The topological polar surface area (TPSA) is 83.0 Å². The third kappa shape index (κ3) is 4.11. The third-order valence-electron chi connectivity index (χ3n) is 4.68. The maximum Gasteiger partial charge on any atom is 0.342 e. The lowest BCUT2D eigenvalue weighted by atomic mass is 10.2. The number of nitrogens with zero attached hydrogens (tertiary/aromatic N) is 4. The predicted molar refractivity (Wildman–Crippen MR) is 111 cm³/mol. The van der Waals surface area contributed by atoms with E-state index in [4.69, 9.17) is 20.8 Å². The summed E-state index contributed by atoms with van der Waals surface area (Å²) in [6.45, 7) is 3.94. The van der Waals surface area contributed by atoms with Gasteiger partial charge >= 0.3 is 5.97 Å². The van der Waals surface area contributed by atoms with E-state index >= 15 is 0 Å². The molecule has 0 spiro atoms. The Morgan fingerprint density at radius 1 is 1.07 bits per heavy atom. The van der Waals surface area contributed by atoms with Gasteiger partial charge in [0.15, 0.2) is 6.61 Å². The van der Waals surface area contributed by atoms with Crippen LogP contribution in [0.2, 0.25) is 5.02 Å². The third-order valence-corrected chi connectivity index (χ3v) is 5.05. The van der Waals surface area contributed by atoms with Crippen molar-refractivity contribution in [2.24, 2.45) is 0 Å². The Hall–Kier alpha value is -3.45. The Kier molecular flexibility index (Phi) is 5.63. The second-order valence-electron chi connectivity index (χ2n) is 6.74. The first-order valence-corrected chi connectivity index (χ1v) is 9.73. The molecule has 0 saturated carbocycles. The molecule has 152 valence electrons. The van der Waals surface area contributed by atoms with Crippen LogP contribution in [0.3, 0.4) is 0 Å². The van der Waals surface area contributed by atoms with Gasteiger partial charge in [-0.2, -0.15) is 5.10 Å². The van der Waals surface area contributed by atoms with Crippen molar-refractivity contribution in [1.29, 1.82) is 0 Å². The zero-order chi connectivity index (χ0) is 21.1. The zero-order valence-electron chi connectivity index (χ0n) is 16.5. The molecule has 0 bridgehead atoms. The fourth-order valence-electron chi connectivity index (χ4n) is 3.14. The number of benzene rings is 2. The molecule has 0 aliphatic rings. The highest BCUT2D eigenvalue weighted by Gasteiger charge is 2.21. The number of halogens is 1. The van der Waals surface area contributed by atoms with Crippen LogP contribution < -0.4 is 0 Å². The van der Waals surface area contributed by atoms with Crippen LogP contribution in [0, 0.1) is 13.8 Å². The van der Waals surface area contributed by atoms with Gasteiger partial charge in [0.05, 0.1) is 17.9 Å². The van der Waals surface area contributed by atoms with Crippen LogP contribution in [0.25, 0.3) is 11.5 Å². The molecule has 2 aromatic carbocycles. The first-order chi connectivity index (χ1) is 14.5. The van der Waals surface area contributed by atoms with Gasteiger partial charge in [-0.3, -0.25) is 4.68 Å². The van der Waals surface area contributed by atoms with Crippen LogP contribution in [0.4, 0.5) is 0 Å². The first-order valence-electron chi connectivity index (χ1n) is 9.35. The quantitative estimate of drug-likeness (QED) is 0.422. The van der Waals surface area contributed by atoms with E-state index in [9.17, 15) is 4.79 Å². The molecule has 2 aromatic heterocycles. The molecule has 0 fully saturated rings. The second kappa shape index (κ2) is 8.51. The Balaban J connectivity index is 1.46. The molecule has 4 rings (SSSR count). The average molecular weight is 423 g/mol. The molecule has 0 aliphatic heterocycles. The van der Waals surface area contributed by atoms with Crippen LogP contribution in [0.5, 0.6) is 0 Å². The van der Waals surface area contributed by atoms with Crippen molar-refractivity contribution >= 4 is 17.6 Å². The number of aryl methyl sites for hydroxylation is 1. The number of ether oxygens (including phenoxy) is 1. The minimum Gasteiger partial charge on any atom is -0.452 e. The van der Waals surface area contributed by atoms with E-state index in [1.165, 1.54) is 0 Å². The van der Waals surface area contributed by atoms with E-state index in [0.717, 1.165) is 11.1 Å². The number of carbonyl (C=O) groups excluding carboxylic acids is 1. The van der Waals surface area contributed by atoms with Crippen molar-refractivity contribution in [3.05, 3.63) is 88.0 Å². The summed E-state index contributed by atoms with van der Waals surface area (Å²) in [4.78, 5) is 12.7. The summed E-state index contributed by atoms with van der Waals surface area (Å²) in [7, 11) is 0. The standard InChI is InChI=1S/C22H19ClN4O3/c1-14-20(15(2)27(26-14)12-17-10-6-7-11-18(17)23)22(28)29-13-19-24-25-21(30-19)16-8-4-3-5-9-16/h3-11H,12-13H2,1-2H3. The number of rotatable bonds is 6. The van der Waals surface area contributed by atoms with E-state index < -0.39 is 5.97 Å². The maximum absolute atomic E-state index is 12.7. The molecule has 0 atom stereocenters. The lowest BCUT2D eigenvalue weighted by Crippen LogP contribution is -2.09.